The predicted molar refractivity (Wildman–Crippen MR) is 259 cm³/mol. The smallest absolute Gasteiger partial charge is 0.0714 e. The Balaban J connectivity index is 1.15. The highest BCUT2D eigenvalue weighted by Crippen LogP contribution is 2.59. The Labute approximate surface area is 363 Å². The highest BCUT2D eigenvalue weighted by atomic mass is 15.1. The van der Waals surface area contributed by atoms with Crippen molar-refractivity contribution in [3.8, 4) is 33.4 Å². The minimum atomic E-state index is -0.528. The molecule has 1 nitrogen and oxygen atoms in total. The standard InChI is InChI=1S/C61H43N/c1-60(43-23-5-2-6-24-43)53-34-16-14-32-52(53)59-51(33-20-36-55(59)60)50-31-15-18-37-58(50)62(57-38-19-22-42-21-11-12-29-47(42)57)46-39-40-49-48-30-13-17-35-54(48)61(56(49)41-46,44-25-7-3-8-26-44)45-27-9-4-10-28-45/h2-41H,1H3. The van der Waals surface area contributed by atoms with E-state index in [1.54, 1.807) is 0 Å². The van der Waals surface area contributed by atoms with Gasteiger partial charge in [0.15, 0.2) is 0 Å². The fourth-order valence-electron chi connectivity index (χ4n) is 11.1. The Morgan fingerprint density at radius 1 is 0.323 bits per heavy atom. The van der Waals surface area contributed by atoms with E-state index >= 15 is 0 Å². The zero-order valence-electron chi connectivity index (χ0n) is 34.5. The minimum absolute atomic E-state index is 0.305. The van der Waals surface area contributed by atoms with Crippen molar-refractivity contribution in [1.82, 2.24) is 0 Å². The van der Waals surface area contributed by atoms with Gasteiger partial charge < -0.3 is 4.90 Å². The van der Waals surface area contributed by atoms with Crippen LogP contribution in [0, 0.1) is 0 Å². The second kappa shape index (κ2) is 14.2. The Kier molecular flexibility index (Phi) is 8.27. The van der Waals surface area contributed by atoms with Crippen LogP contribution < -0.4 is 4.90 Å². The number of para-hydroxylation sites is 1. The quantitative estimate of drug-likeness (QED) is 0.155. The van der Waals surface area contributed by atoms with Gasteiger partial charge in [0.1, 0.15) is 0 Å². The molecule has 10 aromatic rings. The third kappa shape index (κ3) is 5.15. The van der Waals surface area contributed by atoms with E-state index in [9.17, 15) is 0 Å². The van der Waals surface area contributed by atoms with Crippen molar-refractivity contribution in [3.05, 3.63) is 282 Å². The fourth-order valence-corrected chi connectivity index (χ4v) is 11.1. The van der Waals surface area contributed by atoms with Crippen molar-refractivity contribution >= 4 is 27.8 Å². The lowest BCUT2D eigenvalue weighted by molar-refractivity contribution is 0.714. The van der Waals surface area contributed by atoms with E-state index in [2.05, 4.69) is 254 Å². The number of rotatable bonds is 7. The maximum Gasteiger partial charge on any atom is 0.0714 e. The highest BCUT2D eigenvalue weighted by Gasteiger charge is 2.47. The molecule has 1 heteroatoms. The number of anilines is 3. The van der Waals surface area contributed by atoms with E-state index in [0.29, 0.717) is 0 Å². The molecule has 62 heavy (non-hydrogen) atoms. The number of fused-ring (bicyclic) bond motifs is 7. The Morgan fingerprint density at radius 2 is 0.823 bits per heavy atom. The first-order valence-electron chi connectivity index (χ1n) is 21.7. The van der Waals surface area contributed by atoms with E-state index in [4.69, 9.17) is 0 Å². The highest BCUT2D eigenvalue weighted by molar-refractivity contribution is 6.04. The summed E-state index contributed by atoms with van der Waals surface area (Å²) in [6.45, 7) is 2.40. The van der Waals surface area contributed by atoms with E-state index in [1.807, 2.05) is 0 Å². The van der Waals surface area contributed by atoms with Gasteiger partial charge in [0.2, 0.25) is 0 Å². The summed E-state index contributed by atoms with van der Waals surface area (Å²) in [6, 6.07) is 90.0. The summed E-state index contributed by atoms with van der Waals surface area (Å²) in [4.78, 5) is 2.53. The molecule has 0 N–H and O–H groups in total. The third-order valence-corrected chi connectivity index (χ3v) is 13.8. The molecule has 2 aliphatic rings. The molecule has 0 fully saturated rings. The van der Waals surface area contributed by atoms with Gasteiger partial charge in [0.25, 0.3) is 0 Å². The van der Waals surface area contributed by atoms with Crippen molar-refractivity contribution in [3.63, 3.8) is 0 Å². The van der Waals surface area contributed by atoms with Crippen LogP contribution >= 0.6 is 0 Å². The Morgan fingerprint density at radius 3 is 1.56 bits per heavy atom. The van der Waals surface area contributed by atoms with Gasteiger partial charge in [-0.15, -0.1) is 0 Å². The van der Waals surface area contributed by atoms with Crippen LogP contribution in [0.4, 0.5) is 17.1 Å². The Bertz CT molecular complexity index is 3270. The molecular formula is C61H43N. The van der Waals surface area contributed by atoms with Crippen LogP contribution in [0.2, 0.25) is 0 Å². The van der Waals surface area contributed by atoms with Gasteiger partial charge in [0, 0.05) is 22.1 Å². The van der Waals surface area contributed by atoms with Crippen LogP contribution in [0.25, 0.3) is 44.2 Å². The molecule has 10 aromatic carbocycles. The largest absolute Gasteiger partial charge is 0.309 e. The molecule has 0 saturated carbocycles. The first-order valence-corrected chi connectivity index (χ1v) is 21.7. The summed E-state index contributed by atoms with van der Waals surface area (Å²) in [5, 5.41) is 2.41. The Hall–Kier alpha value is -7.74. The van der Waals surface area contributed by atoms with Crippen molar-refractivity contribution in [2.24, 2.45) is 0 Å². The zero-order chi connectivity index (χ0) is 41.3. The van der Waals surface area contributed by atoms with Crippen molar-refractivity contribution in [1.29, 1.82) is 0 Å². The summed E-state index contributed by atoms with van der Waals surface area (Å²) in [7, 11) is 0. The molecule has 0 saturated heterocycles. The van der Waals surface area contributed by atoms with Gasteiger partial charge in [-0.3, -0.25) is 0 Å². The molecular weight excluding hydrogens is 747 g/mol. The maximum absolute atomic E-state index is 2.53. The summed E-state index contributed by atoms with van der Waals surface area (Å²) < 4.78 is 0. The molecule has 0 amide bonds. The average Bonchev–Trinajstić information content (AvgIpc) is 3.80. The van der Waals surface area contributed by atoms with Crippen LogP contribution in [-0.4, -0.2) is 0 Å². The summed E-state index contributed by atoms with van der Waals surface area (Å²) in [5.41, 5.74) is 19.2. The monoisotopic (exact) mass is 789 g/mol. The van der Waals surface area contributed by atoms with Crippen molar-refractivity contribution < 1.29 is 0 Å². The average molecular weight is 790 g/mol. The summed E-state index contributed by atoms with van der Waals surface area (Å²) in [5.74, 6) is 0. The fraction of sp³-hybridized carbons (Fsp3) is 0.0492. The molecule has 1 unspecified atom stereocenters. The second-order valence-corrected chi connectivity index (χ2v) is 16.9. The lowest BCUT2D eigenvalue weighted by atomic mass is 9.67. The first-order chi connectivity index (χ1) is 30.7. The number of nitrogens with zero attached hydrogens (tertiary/aromatic N) is 1. The van der Waals surface area contributed by atoms with E-state index in [0.717, 1.165) is 17.1 Å². The predicted octanol–water partition coefficient (Wildman–Crippen LogP) is 15.7. The topological polar surface area (TPSA) is 3.24 Å². The van der Waals surface area contributed by atoms with Crippen LogP contribution in [0.3, 0.4) is 0 Å². The van der Waals surface area contributed by atoms with Gasteiger partial charge in [0.05, 0.1) is 16.8 Å². The van der Waals surface area contributed by atoms with E-state index < -0.39 is 5.41 Å². The molecule has 0 spiro atoms. The van der Waals surface area contributed by atoms with Gasteiger partial charge in [-0.25, -0.2) is 0 Å². The van der Waals surface area contributed by atoms with Gasteiger partial charge in [-0.05, 0) is 103 Å². The SMILES string of the molecule is CC1(c2ccccc2)c2ccccc2-c2c(-c3ccccc3N(c3ccc4c(c3)C(c3ccccc3)(c3ccccc3)c3ccccc3-4)c3cccc4ccccc34)cccc21. The number of hydrogen-bond acceptors (Lipinski definition) is 1. The molecule has 0 heterocycles. The van der Waals surface area contributed by atoms with Crippen LogP contribution in [-0.2, 0) is 10.8 Å². The molecule has 292 valence electrons. The van der Waals surface area contributed by atoms with Crippen molar-refractivity contribution in [2.75, 3.05) is 4.90 Å². The van der Waals surface area contributed by atoms with Crippen LogP contribution in [0.15, 0.2) is 243 Å². The maximum atomic E-state index is 2.53. The molecule has 1 atom stereocenters. The van der Waals surface area contributed by atoms with E-state index in [1.165, 1.54) is 83.1 Å². The molecule has 12 rings (SSSR count). The summed E-state index contributed by atoms with van der Waals surface area (Å²) >= 11 is 0. The third-order valence-electron chi connectivity index (χ3n) is 13.8. The first kappa shape index (κ1) is 36.1. The number of benzene rings is 10. The van der Waals surface area contributed by atoms with Crippen molar-refractivity contribution in [2.45, 2.75) is 17.8 Å². The van der Waals surface area contributed by atoms with Crippen LogP contribution in [0.5, 0.6) is 0 Å². The molecule has 0 aliphatic heterocycles. The summed E-state index contributed by atoms with van der Waals surface area (Å²) in [6.07, 6.45) is 0. The molecule has 0 bridgehead atoms. The molecule has 0 aromatic heterocycles. The van der Waals surface area contributed by atoms with Gasteiger partial charge in [-0.1, -0.05) is 218 Å². The molecule has 2 aliphatic carbocycles. The lowest BCUT2D eigenvalue weighted by Crippen LogP contribution is -2.28. The minimum Gasteiger partial charge on any atom is -0.309 e. The van der Waals surface area contributed by atoms with Gasteiger partial charge >= 0.3 is 0 Å². The lowest BCUT2D eigenvalue weighted by Gasteiger charge is -2.35. The second-order valence-electron chi connectivity index (χ2n) is 16.9. The van der Waals surface area contributed by atoms with E-state index in [-0.39, 0.29) is 5.41 Å². The number of hydrogen-bond donors (Lipinski definition) is 0. The normalized spacial score (nSPS) is 15.4. The molecule has 0 radical (unpaired) electrons. The van der Waals surface area contributed by atoms with Gasteiger partial charge in [-0.2, -0.15) is 0 Å². The van der Waals surface area contributed by atoms with Crippen LogP contribution in [0.1, 0.15) is 45.9 Å². The zero-order valence-corrected chi connectivity index (χ0v) is 34.5.